The van der Waals surface area contributed by atoms with Gasteiger partial charge in [-0.05, 0) is 44.0 Å². The Morgan fingerprint density at radius 1 is 1.06 bits per heavy atom. The van der Waals surface area contributed by atoms with Crippen LogP contribution in [0.1, 0.15) is 30.3 Å². The molecule has 32 heavy (non-hydrogen) atoms. The Labute approximate surface area is 186 Å². The van der Waals surface area contributed by atoms with Gasteiger partial charge < -0.3 is 10.6 Å². The van der Waals surface area contributed by atoms with E-state index in [1.807, 2.05) is 57.2 Å². The van der Waals surface area contributed by atoms with Crippen LogP contribution < -0.4 is 10.6 Å². The van der Waals surface area contributed by atoms with Crippen LogP contribution in [0.25, 0.3) is 5.69 Å². The number of aromatic nitrogens is 2. The Balaban J connectivity index is 1.55. The van der Waals surface area contributed by atoms with E-state index in [0.717, 1.165) is 16.3 Å². The fourth-order valence-corrected chi connectivity index (χ4v) is 4.10. The average Bonchev–Trinajstić information content (AvgIpc) is 3.25. The van der Waals surface area contributed by atoms with Crippen LogP contribution >= 0.6 is 0 Å². The minimum atomic E-state index is -1.17. The number of amides is 4. The smallest absolute Gasteiger partial charge is 0.323 e. The van der Waals surface area contributed by atoms with Crippen molar-refractivity contribution in [3.05, 3.63) is 77.6 Å². The van der Waals surface area contributed by atoms with Crippen LogP contribution in [0.15, 0.2) is 60.7 Å². The van der Waals surface area contributed by atoms with Crippen LogP contribution in [0.3, 0.4) is 0 Å². The third kappa shape index (κ3) is 3.64. The summed E-state index contributed by atoms with van der Waals surface area (Å²) in [6.07, 6.45) is 0.375. The lowest BCUT2D eigenvalue weighted by atomic mass is 9.87. The highest BCUT2D eigenvalue weighted by molar-refractivity contribution is 6.10. The van der Waals surface area contributed by atoms with E-state index in [-0.39, 0.29) is 6.54 Å². The number of carbonyl (C=O) groups is 3. The Morgan fingerprint density at radius 2 is 1.75 bits per heavy atom. The van der Waals surface area contributed by atoms with E-state index in [4.69, 9.17) is 0 Å². The van der Waals surface area contributed by atoms with Gasteiger partial charge in [0.1, 0.15) is 12.1 Å². The first-order valence-electron chi connectivity index (χ1n) is 10.5. The largest absolute Gasteiger partial charge is 0.325 e. The minimum Gasteiger partial charge on any atom is -0.323 e. The fraction of sp³-hybridized carbons (Fsp3) is 0.250. The summed E-state index contributed by atoms with van der Waals surface area (Å²) in [7, 11) is 0. The Hall–Kier alpha value is -3.94. The molecule has 8 heteroatoms. The van der Waals surface area contributed by atoms with Gasteiger partial charge >= 0.3 is 6.03 Å². The van der Waals surface area contributed by atoms with Gasteiger partial charge in [0.2, 0.25) is 5.91 Å². The number of rotatable bonds is 6. The maximum atomic E-state index is 13.2. The number of para-hydroxylation sites is 2. The lowest BCUT2D eigenvalue weighted by molar-refractivity contribution is -0.134. The van der Waals surface area contributed by atoms with E-state index in [0.29, 0.717) is 23.4 Å². The zero-order valence-corrected chi connectivity index (χ0v) is 18.3. The average molecular weight is 431 g/mol. The molecule has 4 amide bonds. The van der Waals surface area contributed by atoms with Gasteiger partial charge in [-0.3, -0.25) is 14.5 Å². The molecule has 1 saturated heterocycles. The highest BCUT2D eigenvalue weighted by Gasteiger charge is 2.51. The molecule has 1 unspecified atom stereocenters. The molecule has 8 nitrogen and oxygen atoms in total. The summed E-state index contributed by atoms with van der Waals surface area (Å²) in [5, 5.41) is 10.1. The molecule has 1 aliphatic rings. The number of urea groups is 1. The standard InChI is InChI=1S/C24H25N5O3/c1-4-24(18-10-6-5-7-11-18)22(31)28(23(32)26-24)15-21(30)25-19-12-8-9-13-20(19)29-17(3)14-16(2)27-29/h5-14H,4,15H2,1-3H3,(H,25,30)(H,26,32). The van der Waals surface area contributed by atoms with Crippen LogP contribution in [-0.2, 0) is 15.1 Å². The highest BCUT2D eigenvalue weighted by atomic mass is 16.2. The third-order valence-electron chi connectivity index (χ3n) is 5.69. The number of nitrogens with zero attached hydrogens (tertiary/aromatic N) is 3. The number of carbonyl (C=O) groups excluding carboxylic acids is 3. The molecule has 2 N–H and O–H groups in total. The zero-order chi connectivity index (χ0) is 22.9. The fourth-order valence-electron chi connectivity index (χ4n) is 4.10. The van der Waals surface area contributed by atoms with Gasteiger partial charge in [0, 0.05) is 5.69 Å². The number of anilines is 1. The molecule has 0 saturated carbocycles. The van der Waals surface area contributed by atoms with Gasteiger partial charge in [0.15, 0.2) is 0 Å². The molecule has 164 valence electrons. The van der Waals surface area contributed by atoms with Gasteiger partial charge in [-0.2, -0.15) is 5.10 Å². The van der Waals surface area contributed by atoms with Crippen LogP contribution in [0.4, 0.5) is 10.5 Å². The Kier molecular flexibility index (Phi) is 5.52. The van der Waals surface area contributed by atoms with Crippen molar-refractivity contribution < 1.29 is 14.4 Å². The summed E-state index contributed by atoms with van der Waals surface area (Å²) in [5.74, 6) is -0.902. The van der Waals surface area contributed by atoms with Crippen molar-refractivity contribution >= 4 is 23.5 Å². The van der Waals surface area contributed by atoms with Gasteiger partial charge in [0.25, 0.3) is 5.91 Å². The maximum absolute atomic E-state index is 13.2. The normalized spacial score (nSPS) is 18.0. The quantitative estimate of drug-likeness (QED) is 0.586. The SMILES string of the molecule is CCC1(c2ccccc2)NC(=O)N(CC(=O)Nc2ccccc2-n2nc(C)cc2C)C1=O. The molecule has 4 rings (SSSR count). The second-order valence-electron chi connectivity index (χ2n) is 7.85. The second kappa shape index (κ2) is 8.30. The number of hydrogen-bond acceptors (Lipinski definition) is 4. The Bertz CT molecular complexity index is 1190. The third-order valence-corrected chi connectivity index (χ3v) is 5.69. The summed E-state index contributed by atoms with van der Waals surface area (Å²) in [6, 6.07) is 17.7. The molecule has 2 heterocycles. The summed E-state index contributed by atoms with van der Waals surface area (Å²) >= 11 is 0. The van der Waals surface area contributed by atoms with E-state index in [1.165, 1.54) is 0 Å². The number of imide groups is 1. The van der Waals surface area contributed by atoms with E-state index in [2.05, 4.69) is 15.7 Å². The van der Waals surface area contributed by atoms with E-state index in [1.54, 1.807) is 28.9 Å². The first-order valence-corrected chi connectivity index (χ1v) is 10.5. The van der Waals surface area contributed by atoms with Crippen molar-refractivity contribution in [1.29, 1.82) is 0 Å². The molecule has 0 bridgehead atoms. The highest BCUT2D eigenvalue weighted by Crippen LogP contribution is 2.32. The van der Waals surface area contributed by atoms with E-state index in [9.17, 15) is 14.4 Å². The van der Waals surface area contributed by atoms with Crippen molar-refractivity contribution in [2.45, 2.75) is 32.7 Å². The summed E-state index contributed by atoms with van der Waals surface area (Å²) in [4.78, 5) is 39.7. The first kappa shape index (κ1) is 21.3. The zero-order valence-electron chi connectivity index (χ0n) is 18.3. The van der Waals surface area contributed by atoms with Crippen molar-refractivity contribution in [3.8, 4) is 5.69 Å². The monoisotopic (exact) mass is 431 g/mol. The second-order valence-corrected chi connectivity index (χ2v) is 7.85. The number of benzene rings is 2. The van der Waals surface area contributed by atoms with Gasteiger partial charge in [-0.25, -0.2) is 9.48 Å². The molecular formula is C24H25N5O3. The molecule has 0 aliphatic carbocycles. The van der Waals surface area contributed by atoms with Crippen LogP contribution in [0.2, 0.25) is 0 Å². The lowest BCUT2D eigenvalue weighted by Gasteiger charge is -2.25. The molecule has 3 aromatic rings. The number of hydrogen-bond donors (Lipinski definition) is 2. The van der Waals surface area contributed by atoms with Gasteiger partial charge in [-0.15, -0.1) is 0 Å². The van der Waals surface area contributed by atoms with Crippen molar-refractivity contribution in [2.24, 2.45) is 0 Å². The molecule has 2 aromatic carbocycles. The minimum absolute atomic E-state index is 0.375. The molecule has 0 spiro atoms. The lowest BCUT2D eigenvalue weighted by Crippen LogP contribution is -2.44. The van der Waals surface area contributed by atoms with Crippen molar-refractivity contribution in [3.63, 3.8) is 0 Å². The molecule has 1 aromatic heterocycles. The topological polar surface area (TPSA) is 96.3 Å². The maximum Gasteiger partial charge on any atom is 0.325 e. The van der Waals surface area contributed by atoms with Gasteiger partial charge in [0.05, 0.1) is 17.1 Å². The molecule has 1 aliphatic heterocycles. The van der Waals surface area contributed by atoms with Gasteiger partial charge in [-0.1, -0.05) is 49.4 Å². The summed E-state index contributed by atoms with van der Waals surface area (Å²) in [6.45, 7) is 5.28. The Morgan fingerprint density at radius 3 is 2.41 bits per heavy atom. The molecule has 1 fully saturated rings. The van der Waals surface area contributed by atoms with Crippen molar-refractivity contribution in [1.82, 2.24) is 20.0 Å². The summed E-state index contributed by atoms with van der Waals surface area (Å²) < 4.78 is 1.75. The number of aryl methyl sites for hydroxylation is 2. The van der Waals surface area contributed by atoms with Crippen molar-refractivity contribution in [2.75, 3.05) is 11.9 Å². The first-order chi connectivity index (χ1) is 15.4. The van der Waals surface area contributed by atoms with E-state index >= 15 is 0 Å². The number of nitrogens with one attached hydrogen (secondary N) is 2. The van der Waals surface area contributed by atoms with Crippen LogP contribution in [0.5, 0.6) is 0 Å². The predicted molar refractivity (Wildman–Crippen MR) is 120 cm³/mol. The predicted octanol–water partition coefficient (Wildman–Crippen LogP) is 3.28. The van der Waals surface area contributed by atoms with Crippen LogP contribution in [0, 0.1) is 13.8 Å². The summed E-state index contributed by atoms with van der Waals surface area (Å²) in [5.41, 5.74) is 2.56. The van der Waals surface area contributed by atoms with E-state index < -0.39 is 23.4 Å². The molecule has 0 radical (unpaired) electrons. The molecule has 1 atom stereocenters. The van der Waals surface area contributed by atoms with Crippen LogP contribution in [-0.4, -0.2) is 39.1 Å². The molecular weight excluding hydrogens is 406 g/mol.